The highest BCUT2D eigenvalue weighted by atomic mass is 35.5. The van der Waals surface area contributed by atoms with Crippen molar-refractivity contribution in [2.24, 2.45) is 0 Å². The topological polar surface area (TPSA) is 67.4 Å². The fraction of sp³-hybridized carbons (Fsp3) is 0.250. The Labute approximate surface area is 162 Å². The van der Waals surface area contributed by atoms with Crippen molar-refractivity contribution in [1.29, 1.82) is 0 Å². The highest BCUT2D eigenvalue weighted by molar-refractivity contribution is 6.32. The first-order valence-corrected chi connectivity index (χ1v) is 9.16. The number of benzene rings is 1. The smallest absolute Gasteiger partial charge is 0.266 e. The van der Waals surface area contributed by atoms with Gasteiger partial charge in [-0.1, -0.05) is 23.7 Å². The summed E-state index contributed by atoms with van der Waals surface area (Å²) in [5.41, 5.74) is 6.41. The molecule has 2 aromatic heterocycles. The first kappa shape index (κ1) is 17.9. The molecule has 0 radical (unpaired) electrons. The lowest BCUT2D eigenvalue weighted by atomic mass is 10.0. The van der Waals surface area contributed by atoms with Gasteiger partial charge in [0.15, 0.2) is 0 Å². The van der Waals surface area contributed by atoms with Crippen LogP contribution in [0, 0.1) is 6.92 Å². The maximum Gasteiger partial charge on any atom is 0.266 e. The summed E-state index contributed by atoms with van der Waals surface area (Å²) in [5, 5.41) is 3.26. The second kappa shape index (κ2) is 7.60. The molecular weight excluding hydrogens is 364 g/mol. The predicted molar refractivity (Wildman–Crippen MR) is 105 cm³/mol. The highest BCUT2D eigenvalue weighted by Crippen LogP contribution is 2.29. The minimum absolute atomic E-state index is 0.178. The molecule has 0 saturated carbocycles. The van der Waals surface area contributed by atoms with E-state index in [1.54, 1.807) is 18.3 Å². The molecule has 0 spiro atoms. The van der Waals surface area contributed by atoms with Crippen LogP contribution in [0.15, 0.2) is 42.6 Å². The molecule has 27 heavy (non-hydrogen) atoms. The summed E-state index contributed by atoms with van der Waals surface area (Å²) in [6.45, 7) is 4.43. The lowest BCUT2D eigenvalue weighted by molar-refractivity contribution is 0.0127. The number of rotatable bonds is 3. The molecule has 0 aliphatic carbocycles. The Hall–Kier alpha value is -2.54. The van der Waals surface area contributed by atoms with Gasteiger partial charge in [-0.25, -0.2) is 9.99 Å². The standard InChI is InChI=1S/C20H19ClN4O2/c1-13-16(21)6-5-14-15(20(26)24-25-8-10-27-11-9-25)12-18(23-19(13)14)17-4-2-3-7-22-17/h2-7,12H,8-11H2,1H3,(H,24,26). The first-order chi connectivity index (χ1) is 13.1. The number of aryl methyl sites for hydroxylation is 1. The van der Waals surface area contributed by atoms with Crippen LogP contribution in [-0.2, 0) is 4.74 Å². The van der Waals surface area contributed by atoms with Crippen LogP contribution in [0.3, 0.4) is 0 Å². The minimum atomic E-state index is -0.178. The number of nitrogens with one attached hydrogen (secondary N) is 1. The second-order valence-corrected chi connectivity index (χ2v) is 6.79. The minimum Gasteiger partial charge on any atom is -0.379 e. The van der Waals surface area contributed by atoms with E-state index in [-0.39, 0.29) is 5.91 Å². The molecule has 0 bridgehead atoms. The Bertz CT molecular complexity index is 988. The summed E-state index contributed by atoms with van der Waals surface area (Å²) in [7, 11) is 0. The van der Waals surface area contributed by atoms with Crippen molar-refractivity contribution in [3.8, 4) is 11.4 Å². The third-order valence-electron chi connectivity index (χ3n) is 4.61. The number of carbonyl (C=O) groups is 1. The van der Waals surface area contributed by atoms with Gasteiger partial charge in [0, 0.05) is 29.7 Å². The lowest BCUT2D eigenvalue weighted by Crippen LogP contribution is -2.48. The van der Waals surface area contributed by atoms with E-state index in [1.165, 1.54) is 0 Å². The van der Waals surface area contributed by atoms with Gasteiger partial charge in [-0.2, -0.15) is 0 Å². The van der Waals surface area contributed by atoms with Gasteiger partial charge < -0.3 is 4.74 Å². The zero-order valence-corrected chi connectivity index (χ0v) is 15.7. The van der Waals surface area contributed by atoms with Gasteiger partial charge in [-0.15, -0.1) is 0 Å². The van der Waals surface area contributed by atoms with E-state index in [4.69, 9.17) is 21.3 Å². The van der Waals surface area contributed by atoms with Crippen molar-refractivity contribution >= 4 is 28.4 Å². The number of fused-ring (bicyclic) bond motifs is 1. The van der Waals surface area contributed by atoms with Crippen LogP contribution in [0.4, 0.5) is 0 Å². The monoisotopic (exact) mass is 382 g/mol. The normalized spacial score (nSPS) is 15.0. The maximum atomic E-state index is 13.0. The Kier molecular flexibility index (Phi) is 5.03. The average molecular weight is 383 g/mol. The fourth-order valence-corrected chi connectivity index (χ4v) is 3.27. The lowest BCUT2D eigenvalue weighted by Gasteiger charge is -2.27. The largest absolute Gasteiger partial charge is 0.379 e. The Morgan fingerprint density at radius 1 is 1.19 bits per heavy atom. The Balaban J connectivity index is 1.82. The number of halogens is 1. The molecule has 3 heterocycles. The summed E-state index contributed by atoms with van der Waals surface area (Å²) >= 11 is 6.30. The van der Waals surface area contributed by atoms with Gasteiger partial charge in [0.1, 0.15) is 0 Å². The van der Waals surface area contributed by atoms with E-state index < -0.39 is 0 Å². The van der Waals surface area contributed by atoms with Crippen molar-refractivity contribution in [3.63, 3.8) is 0 Å². The molecule has 1 N–H and O–H groups in total. The van der Waals surface area contributed by atoms with E-state index in [9.17, 15) is 4.79 Å². The van der Waals surface area contributed by atoms with Gasteiger partial charge in [-0.05, 0) is 36.8 Å². The zero-order valence-electron chi connectivity index (χ0n) is 14.9. The van der Waals surface area contributed by atoms with Gasteiger partial charge >= 0.3 is 0 Å². The first-order valence-electron chi connectivity index (χ1n) is 8.78. The number of ether oxygens (including phenoxy) is 1. The predicted octanol–water partition coefficient (Wildman–Crippen LogP) is 3.24. The second-order valence-electron chi connectivity index (χ2n) is 6.38. The molecule has 3 aromatic rings. The summed E-state index contributed by atoms with van der Waals surface area (Å²) in [5.74, 6) is -0.178. The van der Waals surface area contributed by atoms with E-state index in [1.807, 2.05) is 36.2 Å². The van der Waals surface area contributed by atoms with Crippen LogP contribution in [0.25, 0.3) is 22.3 Å². The summed E-state index contributed by atoms with van der Waals surface area (Å²) in [4.78, 5) is 22.1. The zero-order chi connectivity index (χ0) is 18.8. The summed E-state index contributed by atoms with van der Waals surface area (Å²) in [6, 6.07) is 11.0. The van der Waals surface area contributed by atoms with Gasteiger partial charge in [0.05, 0.1) is 35.7 Å². The maximum absolute atomic E-state index is 13.0. The molecule has 7 heteroatoms. The number of hydrogen-bond acceptors (Lipinski definition) is 5. The van der Waals surface area contributed by atoms with Crippen molar-refractivity contribution < 1.29 is 9.53 Å². The summed E-state index contributed by atoms with van der Waals surface area (Å²) < 4.78 is 5.34. The number of pyridine rings is 2. The van der Waals surface area contributed by atoms with Crippen molar-refractivity contribution in [3.05, 3.63) is 58.7 Å². The molecule has 1 fully saturated rings. The van der Waals surface area contributed by atoms with Gasteiger partial charge in [0.2, 0.25) is 0 Å². The Morgan fingerprint density at radius 3 is 2.74 bits per heavy atom. The molecule has 4 rings (SSSR count). The van der Waals surface area contributed by atoms with E-state index in [2.05, 4.69) is 10.4 Å². The number of amides is 1. The van der Waals surface area contributed by atoms with Crippen LogP contribution >= 0.6 is 11.6 Å². The van der Waals surface area contributed by atoms with Crippen LogP contribution in [0.5, 0.6) is 0 Å². The van der Waals surface area contributed by atoms with Crippen LogP contribution < -0.4 is 5.43 Å². The third-order valence-corrected chi connectivity index (χ3v) is 5.02. The third kappa shape index (κ3) is 3.64. The van der Waals surface area contributed by atoms with Gasteiger partial charge in [0.25, 0.3) is 5.91 Å². The number of nitrogens with zero attached hydrogens (tertiary/aromatic N) is 3. The molecule has 6 nitrogen and oxygen atoms in total. The molecule has 1 aromatic carbocycles. The van der Waals surface area contributed by atoms with Crippen molar-refractivity contribution in [2.75, 3.05) is 26.3 Å². The molecule has 1 amide bonds. The van der Waals surface area contributed by atoms with Crippen LogP contribution in [-0.4, -0.2) is 47.2 Å². The van der Waals surface area contributed by atoms with Gasteiger partial charge in [-0.3, -0.25) is 15.2 Å². The van der Waals surface area contributed by atoms with E-state index in [0.29, 0.717) is 53.8 Å². The molecule has 1 saturated heterocycles. The van der Waals surface area contributed by atoms with Crippen LogP contribution in [0.2, 0.25) is 5.02 Å². The fourth-order valence-electron chi connectivity index (χ4n) is 3.12. The van der Waals surface area contributed by atoms with E-state index >= 15 is 0 Å². The van der Waals surface area contributed by atoms with Crippen LogP contribution in [0.1, 0.15) is 15.9 Å². The molecule has 0 atom stereocenters. The number of hydrogen-bond donors (Lipinski definition) is 1. The Morgan fingerprint density at radius 2 is 2.00 bits per heavy atom. The molecule has 1 aliphatic heterocycles. The quantitative estimate of drug-likeness (QED) is 0.753. The average Bonchev–Trinajstić information content (AvgIpc) is 2.71. The SMILES string of the molecule is Cc1c(Cl)ccc2c(C(=O)NN3CCOCC3)cc(-c3ccccn3)nc12. The number of aromatic nitrogens is 2. The number of carbonyl (C=O) groups excluding carboxylic acids is 1. The molecular formula is C20H19ClN4O2. The molecule has 1 aliphatic rings. The molecule has 0 unspecified atom stereocenters. The highest BCUT2D eigenvalue weighted by Gasteiger charge is 2.19. The van der Waals surface area contributed by atoms with E-state index in [0.717, 1.165) is 10.9 Å². The number of hydrazine groups is 1. The molecule has 138 valence electrons. The summed E-state index contributed by atoms with van der Waals surface area (Å²) in [6.07, 6.45) is 1.71. The van der Waals surface area contributed by atoms with Crippen molar-refractivity contribution in [1.82, 2.24) is 20.4 Å². The van der Waals surface area contributed by atoms with Crippen molar-refractivity contribution in [2.45, 2.75) is 6.92 Å². The number of morpholine rings is 1.